The summed E-state index contributed by atoms with van der Waals surface area (Å²) in [5.74, 6) is 0.840. The predicted molar refractivity (Wildman–Crippen MR) is 166 cm³/mol. The highest BCUT2D eigenvalue weighted by atomic mass is 16.5. The standard InChI is InChI=1S/C34H45N5O2/c1-4-27-17-26(6-5-24(27)3)22-41-32-11-14-36-20-31(32)38-34(40)30-18-29(19-37-33(30)35)28-9-7-25(8-10-28)21-39-15-12-23(2)13-16-39/h5-10,17-19,23,31-32,36H,4,11-16,20-22H2,1-3H3,(H2,35,37)(H,38,40)/t31-,32-/m0/s1. The van der Waals surface area contributed by atoms with Crippen molar-refractivity contribution in [1.29, 1.82) is 0 Å². The molecule has 2 aromatic carbocycles. The Morgan fingerprint density at radius 1 is 1.07 bits per heavy atom. The van der Waals surface area contributed by atoms with Gasteiger partial charge < -0.3 is 21.1 Å². The third-order valence-electron chi connectivity index (χ3n) is 8.73. The second-order valence-corrected chi connectivity index (χ2v) is 11.8. The molecule has 3 heterocycles. The number of nitrogen functional groups attached to an aromatic ring is 1. The Morgan fingerprint density at radius 2 is 1.83 bits per heavy atom. The Labute approximate surface area is 244 Å². The van der Waals surface area contributed by atoms with Crippen molar-refractivity contribution in [2.45, 2.75) is 71.8 Å². The Hall–Kier alpha value is -3.26. The van der Waals surface area contributed by atoms with Crippen LogP contribution in [0.1, 0.15) is 65.7 Å². The van der Waals surface area contributed by atoms with Crippen LogP contribution in [0.15, 0.2) is 54.7 Å². The minimum Gasteiger partial charge on any atom is -0.383 e. The Kier molecular flexibility index (Phi) is 9.70. The lowest BCUT2D eigenvalue weighted by Gasteiger charge is -2.33. The number of likely N-dealkylation sites (tertiary alicyclic amines) is 1. The zero-order chi connectivity index (χ0) is 28.8. The van der Waals surface area contributed by atoms with Gasteiger partial charge in [0.25, 0.3) is 5.91 Å². The van der Waals surface area contributed by atoms with Gasteiger partial charge in [-0.3, -0.25) is 9.69 Å². The molecule has 1 aromatic heterocycles. The van der Waals surface area contributed by atoms with E-state index in [1.807, 2.05) is 6.07 Å². The number of carbonyl (C=O) groups excluding carboxylic acids is 1. The monoisotopic (exact) mass is 555 g/mol. The van der Waals surface area contributed by atoms with Gasteiger partial charge in [0.05, 0.1) is 24.3 Å². The average molecular weight is 556 g/mol. The molecule has 4 N–H and O–H groups in total. The second kappa shape index (κ2) is 13.6. The van der Waals surface area contributed by atoms with Gasteiger partial charge in [-0.2, -0.15) is 0 Å². The van der Waals surface area contributed by atoms with Gasteiger partial charge in [0.15, 0.2) is 0 Å². The van der Waals surface area contributed by atoms with Gasteiger partial charge in [0.1, 0.15) is 5.82 Å². The maximum Gasteiger partial charge on any atom is 0.255 e. The Morgan fingerprint density at radius 3 is 2.59 bits per heavy atom. The van der Waals surface area contributed by atoms with Gasteiger partial charge in [0.2, 0.25) is 0 Å². The number of hydrogen-bond acceptors (Lipinski definition) is 6. The van der Waals surface area contributed by atoms with Crippen LogP contribution in [-0.2, 0) is 24.3 Å². The Bertz CT molecular complexity index is 1320. The lowest BCUT2D eigenvalue weighted by molar-refractivity contribution is 0.000284. The van der Waals surface area contributed by atoms with Gasteiger partial charge >= 0.3 is 0 Å². The highest BCUT2D eigenvalue weighted by Gasteiger charge is 2.28. The van der Waals surface area contributed by atoms with E-state index in [1.165, 1.54) is 29.5 Å². The number of piperidine rings is 2. The molecule has 2 aliphatic heterocycles. The van der Waals surface area contributed by atoms with E-state index in [0.717, 1.165) is 61.6 Å². The molecule has 5 rings (SSSR count). The third kappa shape index (κ3) is 7.53. The molecule has 0 bridgehead atoms. The highest BCUT2D eigenvalue weighted by molar-refractivity contribution is 5.99. The quantitative estimate of drug-likeness (QED) is 0.340. The summed E-state index contributed by atoms with van der Waals surface area (Å²) in [6, 6.07) is 16.8. The highest BCUT2D eigenvalue weighted by Crippen LogP contribution is 2.25. The number of rotatable bonds is 9. The fourth-order valence-corrected chi connectivity index (χ4v) is 5.92. The van der Waals surface area contributed by atoms with E-state index in [2.05, 4.69) is 83.8 Å². The normalized spacial score (nSPS) is 20.2. The van der Waals surface area contributed by atoms with Crippen molar-refractivity contribution < 1.29 is 9.53 Å². The van der Waals surface area contributed by atoms with Crippen molar-refractivity contribution in [3.8, 4) is 11.1 Å². The number of hydrogen-bond donors (Lipinski definition) is 3. The first kappa shape index (κ1) is 29.2. The first-order chi connectivity index (χ1) is 19.9. The summed E-state index contributed by atoms with van der Waals surface area (Å²) in [6.07, 6.45) is 6.04. The molecule has 1 amide bonds. The first-order valence-corrected chi connectivity index (χ1v) is 15.2. The van der Waals surface area contributed by atoms with Gasteiger partial charge in [-0.1, -0.05) is 56.3 Å². The van der Waals surface area contributed by atoms with E-state index in [4.69, 9.17) is 10.5 Å². The zero-order valence-electron chi connectivity index (χ0n) is 24.8. The van der Waals surface area contributed by atoms with Crippen molar-refractivity contribution in [2.75, 3.05) is 31.9 Å². The molecule has 2 saturated heterocycles. The molecular weight excluding hydrogens is 510 g/mol. The molecular formula is C34H45N5O2. The summed E-state index contributed by atoms with van der Waals surface area (Å²) in [6.45, 7) is 12.0. The lowest BCUT2D eigenvalue weighted by Crippen LogP contribution is -2.54. The summed E-state index contributed by atoms with van der Waals surface area (Å²) in [4.78, 5) is 20.3. The molecule has 2 atom stereocenters. The van der Waals surface area contributed by atoms with E-state index in [-0.39, 0.29) is 23.9 Å². The molecule has 2 fully saturated rings. The molecule has 7 heteroatoms. The number of aromatic nitrogens is 1. The van der Waals surface area contributed by atoms with Crippen molar-refractivity contribution in [2.24, 2.45) is 5.92 Å². The van der Waals surface area contributed by atoms with E-state index in [1.54, 1.807) is 6.20 Å². The van der Waals surface area contributed by atoms with Crippen LogP contribution in [0, 0.1) is 12.8 Å². The average Bonchev–Trinajstić information content (AvgIpc) is 2.99. The first-order valence-electron chi connectivity index (χ1n) is 15.2. The summed E-state index contributed by atoms with van der Waals surface area (Å²) < 4.78 is 6.35. The smallest absolute Gasteiger partial charge is 0.255 e. The second-order valence-electron chi connectivity index (χ2n) is 11.8. The molecule has 41 heavy (non-hydrogen) atoms. The SMILES string of the molecule is CCc1cc(CO[C@H]2CCNC[C@@H]2NC(=O)c2cc(-c3ccc(CN4CCC(C)CC4)cc3)cnc2N)ccc1C. The Balaban J connectivity index is 1.22. The predicted octanol–water partition coefficient (Wildman–Crippen LogP) is 5.11. The van der Waals surface area contributed by atoms with Crippen LogP contribution >= 0.6 is 0 Å². The lowest BCUT2D eigenvalue weighted by atomic mass is 9.98. The number of nitrogens with two attached hydrogens (primary N) is 1. The minimum absolute atomic E-state index is 0.0837. The van der Waals surface area contributed by atoms with Gasteiger partial charge in [0, 0.05) is 24.8 Å². The third-order valence-corrected chi connectivity index (χ3v) is 8.73. The van der Waals surface area contributed by atoms with Crippen LogP contribution in [0.5, 0.6) is 0 Å². The summed E-state index contributed by atoms with van der Waals surface area (Å²) in [5.41, 5.74) is 13.6. The van der Waals surface area contributed by atoms with Crippen LogP contribution in [0.3, 0.4) is 0 Å². The molecule has 7 nitrogen and oxygen atoms in total. The van der Waals surface area contributed by atoms with Crippen LogP contribution in [0.4, 0.5) is 5.82 Å². The van der Waals surface area contributed by atoms with Gasteiger partial charge in [-0.05, 0) is 92.0 Å². The minimum atomic E-state index is -0.223. The summed E-state index contributed by atoms with van der Waals surface area (Å²) in [7, 11) is 0. The van der Waals surface area contributed by atoms with Gasteiger partial charge in [-0.25, -0.2) is 4.98 Å². The summed E-state index contributed by atoms with van der Waals surface area (Å²) in [5, 5.41) is 6.57. The molecule has 0 spiro atoms. The van der Waals surface area contributed by atoms with E-state index in [0.29, 0.717) is 18.7 Å². The number of carbonyl (C=O) groups is 1. The van der Waals surface area contributed by atoms with E-state index < -0.39 is 0 Å². The number of pyridine rings is 1. The van der Waals surface area contributed by atoms with E-state index >= 15 is 0 Å². The van der Waals surface area contributed by atoms with E-state index in [9.17, 15) is 4.79 Å². The number of amides is 1. The molecule has 2 aliphatic rings. The molecule has 218 valence electrons. The largest absolute Gasteiger partial charge is 0.383 e. The number of nitrogens with one attached hydrogen (secondary N) is 2. The molecule has 0 saturated carbocycles. The van der Waals surface area contributed by atoms with Crippen molar-refractivity contribution in [3.63, 3.8) is 0 Å². The number of aryl methyl sites for hydroxylation is 2. The fraction of sp³-hybridized carbons (Fsp3) is 0.471. The number of ether oxygens (including phenoxy) is 1. The van der Waals surface area contributed by atoms with Crippen LogP contribution < -0.4 is 16.4 Å². The van der Waals surface area contributed by atoms with Crippen LogP contribution in [0.25, 0.3) is 11.1 Å². The maximum absolute atomic E-state index is 13.4. The number of nitrogens with zero attached hydrogens (tertiary/aromatic N) is 2. The molecule has 3 aromatic rings. The van der Waals surface area contributed by atoms with Crippen molar-refractivity contribution in [3.05, 3.63) is 82.5 Å². The fourth-order valence-electron chi connectivity index (χ4n) is 5.92. The van der Waals surface area contributed by atoms with Crippen molar-refractivity contribution >= 4 is 11.7 Å². The molecule has 0 unspecified atom stereocenters. The van der Waals surface area contributed by atoms with Gasteiger partial charge in [-0.15, -0.1) is 0 Å². The zero-order valence-corrected chi connectivity index (χ0v) is 24.8. The number of benzene rings is 2. The topological polar surface area (TPSA) is 92.5 Å². The van der Waals surface area contributed by atoms with Crippen LogP contribution in [-0.4, -0.2) is 54.1 Å². The van der Waals surface area contributed by atoms with Crippen molar-refractivity contribution in [1.82, 2.24) is 20.5 Å². The molecule has 0 aliphatic carbocycles. The maximum atomic E-state index is 13.4. The number of anilines is 1. The molecule has 0 radical (unpaired) electrons. The van der Waals surface area contributed by atoms with Crippen LogP contribution in [0.2, 0.25) is 0 Å². The summed E-state index contributed by atoms with van der Waals surface area (Å²) >= 11 is 0.